The Morgan fingerprint density at radius 2 is 2.28 bits per heavy atom. The lowest BCUT2D eigenvalue weighted by Gasteiger charge is -2.30. The normalized spacial score (nSPS) is 23.2. The average Bonchev–Trinajstić information content (AvgIpc) is 3.07. The summed E-state index contributed by atoms with van der Waals surface area (Å²) in [4.78, 5) is 26.6. The summed E-state index contributed by atoms with van der Waals surface area (Å²) in [7, 11) is 0. The lowest BCUT2D eigenvalue weighted by molar-refractivity contribution is 0.0183. The fourth-order valence-electron chi connectivity index (χ4n) is 2.49. The van der Waals surface area contributed by atoms with Gasteiger partial charge >= 0.3 is 12.1 Å². The zero-order valence-electron chi connectivity index (χ0n) is 9.77. The molecule has 0 bridgehead atoms. The molecule has 3 rings (SSSR count). The number of carbonyl (C=O) groups is 2. The van der Waals surface area contributed by atoms with E-state index in [1.54, 1.807) is 6.07 Å². The number of carbonyl (C=O) groups excluding carboxylic acids is 1. The Labute approximate surface area is 103 Å². The van der Waals surface area contributed by atoms with E-state index in [-0.39, 0.29) is 23.3 Å². The summed E-state index contributed by atoms with van der Waals surface area (Å²) in [5.74, 6) is -0.140. The van der Waals surface area contributed by atoms with Gasteiger partial charge in [-0.2, -0.15) is 0 Å². The van der Waals surface area contributed by atoms with Crippen molar-refractivity contribution in [2.75, 3.05) is 5.32 Å². The molecule has 0 radical (unpaired) electrons. The quantitative estimate of drug-likeness (QED) is 0.739. The molecule has 1 aliphatic carbocycles. The van der Waals surface area contributed by atoms with Gasteiger partial charge in [0.05, 0.1) is 16.7 Å². The molecule has 1 spiro atoms. The van der Waals surface area contributed by atoms with Crippen LogP contribution in [0.5, 0.6) is 0 Å². The van der Waals surface area contributed by atoms with Gasteiger partial charge in [-0.1, -0.05) is 0 Å². The zero-order valence-corrected chi connectivity index (χ0v) is 9.77. The first-order valence-electron chi connectivity index (χ1n) is 5.75. The first-order chi connectivity index (χ1) is 8.53. The van der Waals surface area contributed by atoms with Crippen LogP contribution in [0.3, 0.4) is 0 Å². The monoisotopic (exact) mass is 248 g/mol. The minimum atomic E-state index is -1.17. The van der Waals surface area contributed by atoms with Crippen LogP contribution in [0.15, 0.2) is 12.1 Å². The summed E-state index contributed by atoms with van der Waals surface area (Å²) >= 11 is 0. The predicted octanol–water partition coefficient (Wildman–Crippen LogP) is 1.76. The van der Waals surface area contributed by atoms with Crippen molar-refractivity contribution >= 4 is 17.9 Å². The summed E-state index contributed by atoms with van der Waals surface area (Å²) in [5, 5.41) is 10.9. The third kappa shape index (κ3) is 1.45. The predicted molar refractivity (Wildman–Crippen MR) is 61.7 cm³/mol. The van der Waals surface area contributed by atoms with Gasteiger partial charge in [0.1, 0.15) is 11.9 Å². The van der Waals surface area contributed by atoms with Crippen molar-refractivity contribution in [2.45, 2.75) is 31.3 Å². The molecule has 94 valence electrons. The summed E-state index contributed by atoms with van der Waals surface area (Å²) in [5.41, 5.74) is 0.901. The van der Waals surface area contributed by atoms with E-state index in [0.717, 1.165) is 12.8 Å². The smallest absolute Gasteiger partial charge is 0.410 e. The molecule has 1 amide bonds. The molecule has 18 heavy (non-hydrogen) atoms. The number of cyclic esters (lactones) is 1. The van der Waals surface area contributed by atoms with Crippen LogP contribution in [-0.4, -0.2) is 28.3 Å². The zero-order chi connectivity index (χ0) is 12.9. The van der Waals surface area contributed by atoms with Crippen molar-refractivity contribution in [1.82, 2.24) is 4.98 Å². The number of ether oxygens (including phenoxy) is 1. The van der Waals surface area contributed by atoms with Crippen LogP contribution in [0.4, 0.5) is 10.6 Å². The van der Waals surface area contributed by atoms with Gasteiger partial charge in [-0.15, -0.1) is 0 Å². The lowest BCUT2D eigenvalue weighted by Crippen LogP contribution is -2.36. The molecule has 0 unspecified atom stereocenters. The second-order valence-electron chi connectivity index (χ2n) is 4.73. The average molecular weight is 248 g/mol. The molecular formula is C12H12N2O4. The molecule has 6 nitrogen and oxygen atoms in total. The molecule has 1 fully saturated rings. The maximum absolute atomic E-state index is 11.7. The molecule has 1 atom stereocenters. The fourth-order valence-corrected chi connectivity index (χ4v) is 2.49. The molecule has 1 saturated carbocycles. The van der Waals surface area contributed by atoms with E-state index in [0.29, 0.717) is 11.3 Å². The largest absolute Gasteiger partial charge is 0.465 e. The van der Waals surface area contributed by atoms with Crippen molar-refractivity contribution in [1.29, 1.82) is 0 Å². The third-order valence-electron chi connectivity index (χ3n) is 3.67. The summed E-state index contributed by atoms with van der Waals surface area (Å²) in [6.07, 6.45) is 0.458. The van der Waals surface area contributed by atoms with Crippen LogP contribution in [0.25, 0.3) is 0 Å². The number of anilines is 1. The number of carboxylic acid groups (broad SMARTS) is 1. The maximum atomic E-state index is 11.7. The molecule has 6 heteroatoms. The van der Waals surface area contributed by atoms with E-state index in [1.807, 2.05) is 6.92 Å². The number of pyridine rings is 1. The molecule has 2 N–H and O–H groups in total. The first kappa shape index (κ1) is 11.0. The van der Waals surface area contributed by atoms with Gasteiger partial charge in [-0.3, -0.25) is 5.32 Å². The summed E-state index contributed by atoms with van der Waals surface area (Å²) in [6.45, 7) is 1.85. The third-order valence-corrected chi connectivity index (χ3v) is 3.67. The van der Waals surface area contributed by atoms with Gasteiger partial charge < -0.3 is 9.84 Å². The van der Waals surface area contributed by atoms with Gasteiger partial charge in [0.25, 0.3) is 0 Å². The SMILES string of the molecule is C[C@@H]1OC(=O)c2ccc(NC(=O)O)nc2C12CC2. The highest BCUT2D eigenvalue weighted by Crippen LogP contribution is 2.54. The van der Waals surface area contributed by atoms with E-state index < -0.39 is 6.09 Å². The summed E-state index contributed by atoms with van der Waals surface area (Å²) in [6, 6.07) is 3.04. The molecular weight excluding hydrogens is 236 g/mol. The molecule has 2 heterocycles. The van der Waals surface area contributed by atoms with Crippen molar-refractivity contribution in [3.8, 4) is 0 Å². The number of fused-ring (bicyclic) bond motifs is 2. The minimum absolute atomic E-state index is 0.204. The topological polar surface area (TPSA) is 88.5 Å². The molecule has 1 aliphatic heterocycles. The minimum Gasteiger partial charge on any atom is -0.465 e. The van der Waals surface area contributed by atoms with E-state index in [1.165, 1.54) is 6.07 Å². The number of nitrogens with zero attached hydrogens (tertiary/aromatic N) is 1. The number of esters is 1. The Morgan fingerprint density at radius 1 is 1.56 bits per heavy atom. The number of nitrogens with one attached hydrogen (secondary N) is 1. The second-order valence-corrected chi connectivity index (χ2v) is 4.73. The van der Waals surface area contributed by atoms with Gasteiger partial charge in [-0.25, -0.2) is 14.6 Å². The van der Waals surface area contributed by atoms with Crippen molar-refractivity contribution in [3.63, 3.8) is 0 Å². The van der Waals surface area contributed by atoms with Crippen LogP contribution in [0, 0.1) is 0 Å². The second kappa shape index (κ2) is 3.44. The van der Waals surface area contributed by atoms with Crippen LogP contribution < -0.4 is 5.32 Å². The summed E-state index contributed by atoms with van der Waals surface area (Å²) < 4.78 is 5.30. The lowest BCUT2D eigenvalue weighted by atomic mass is 9.89. The van der Waals surface area contributed by atoms with Crippen molar-refractivity contribution in [2.24, 2.45) is 0 Å². The van der Waals surface area contributed by atoms with Gasteiger partial charge in [-0.05, 0) is 31.9 Å². The van der Waals surface area contributed by atoms with E-state index in [4.69, 9.17) is 9.84 Å². The Kier molecular flexibility index (Phi) is 2.10. The Morgan fingerprint density at radius 3 is 2.89 bits per heavy atom. The maximum Gasteiger partial charge on any atom is 0.410 e. The highest BCUT2D eigenvalue weighted by Gasteiger charge is 2.56. The molecule has 2 aliphatic rings. The highest BCUT2D eigenvalue weighted by molar-refractivity contribution is 5.93. The Hall–Kier alpha value is -2.11. The number of amides is 1. The number of hydrogen-bond donors (Lipinski definition) is 2. The Balaban J connectivity index is 2.08. The van der Waals surface area contributed by atoms with E-state index in [2.05, 4.69) is 10.3 Å². The molecule has 0 aromatic carbocycles. The van der Waals surface area contributed by atoms with Crippen molar-refractivity contribution in [3.05, 3.63) is 23.4 Å². The Bertz CT molecular complexity index is 551. The first-order valence-corrected chi connectivity index (χ1v) is 5.75. The van der Waals surface area contributed by atoms with Crippen LogP contribution >= 0.6 is 0 Å². The molecule has 1 aromatic heterocycles. The van der Waals surface area contributed by atoms with Gasteiger partial charge in [0, 0.05) is 0 Å². The number of rotatable bonds is 1. The van der Waals surface area contributed by atoms with Crippen LogP contribution in [-0.2, 0) is 10.2 Å². The number of hydrogen-bond acceptors (Lipinski definition) is 4. The van der Waals surface area contributed by atoms with Gasteiger partial charge in [0.15, 0.2) is 0 Å². The highest BCUT2D eigenvalue weighted by atomic mass is 16.5. The van der Waals surface area contributed by atoms with Crippen LogP contribution in [0.1, 0.15) is 35.8 Å². The number of aromatic nitrogens is 1. The molecule has 0 saturated heterocycles. The standard InChI is InChI=1S/C12H12N2O4/c1-6-12(4-5-12)9-7(10(15)18-6)2-3-8(13-9)14-11(16)17/h2-3,6H,4-5H2,1H3,(H,13,14)(H,16,17)/t6-/m0/s1. The fraction of sp³-hybridized carbons (Fsp3) is 0.417. The molecule has 1 aromatic rings. The van der Waals surface area contributed by atoms with Gasteiger partial charge in [0.2, 0.25) is 0 Å². The van der Waals surface area contributed by atoms with E-state index in [9.17, 15) is 9.59 Å². The van der Waals surface area contributed by atoms with Crippen molar-refractivity contribution < 1.29 is 19.4 Å². The van der Waals surface area contributed by atoms with E-state index >= 15 is 0 Å². The van der Waals surface area contributed by atoms with Crippen LogP contribution in [0.2, 0.25) is 0 Å².